The molecule has 4 rings (SSSR count). The first-order valence-corrected chi connectivity index (χ1v) is 9.04. The fourth-order valence-electron chi connectivity index (χ4n) is 3.91. The lowest BCUT2D eigenvalue weighted by molar-refractivity contribution is -0.171. The van der Waals surface area contributed by atoms with Crippen LogP contribution in [0.25, 0.3) is 0 Å². The third-order valence-corrected chi connectivity index (χ3v) is 5.55. The molecule has 7 nitrogen and oxygen atoms in total. The van der Waals surface area contributed by atoms with Crippen LogP contribution in [-0.4, -0.2) is 39.0 Å². The molecule has 0 aromatic heterocycles. The summed E-state index contributed by atoms with van der Waals surface area (Å²) in [5, 5.41) is 10.9. The van der Waals surface area contributed by atoms with Gasteiger partial charge in [-0.15, -0.1) is 0 Å². The van der Waals surface area contributed by atoms with E-state index >= 15 is 0 Å². The zero-order valence-corrected chi connectivity index (χ0v) is 16.6. The van der Waals surface area contributed by atoms with Gasteiger partial charge >= 0.3 is 0 Å². The molecule has 3 atom stereocenters. The van der Waals surface area contributed by atoms with E-state index < -0.39 is 5.79 Å². The Balaban J connectivity index is 1.92. The summed E-state index contributed by atoms with van der Waals surface area (Å²) in [7, 11) is 4.73. The summed E-state index contributed by atoms with van der Waals surface area (Å²) >= 11 is 0. The lowest BCUT2D eigenvalue weighted by Crippen LogP contribution is -2.45. The summed E-state index contributed by atoms with van der Waals surface area (Å²) in [6.07, 6.45) is 0. The predicted octanol–water partition coefficient (Wildman–Crippen LogP) is 3.31. The Hall–Kier alpha value is -2.80. The molecule has 0 bridgehead atoms. The second kappa shape index (κ2) is 6.67. The number of aliphatic hydroxyl groups is 1. The van der Waals surface area contributed by atoms with Crippen LogP contribution in [0.4, 0.5) is 0 Å². The molecule has 0 amide bonds. The minimum absolute atomic E-state index is 0.166. The molecule has 150 valence electrons. The summed E-state index contributed by atoms with van der Waals surface area (Å²) in [5.41, 5.74) is 1.81. The first-order chi connectivity index (χ1) is 13.4. The lowest BCUT2D eigenvalue weighted by Gasteiger charge is -2.42. The van der Waals surface area contributed by atoms with Gasteiger partial charge in [-0.05, 0) is 23.8 Å². The van der Waals surface area contributed by atoms with Gasteiger partial charge in [0.25, 0.3) is 0 Å². The zero-order valence-electron chi connectivity index (χ0n) is 16.6. The highest BCUT2D eigenvalue weighted by Gasteiger charge is 2.45. The van der Waals surface area contributed by atoms with Crippen molar-refractivity contribution < 1.29 is 33.5 Å². The summed E-state index contributed by atoms with van der Waals surface area (Å²) < 4.78 is 33.4. The van der Waals surface area contributed by atoms with Crippen LogP contribution >= 0.6 is 0 Å². The maximum Gasteiger partial charge on any atom is 0.231 e. The molecule has 0 saturated heterocycles. The van der Waals surface area contributed by atoms with Crippen LogP contribution in [0.5, 0.6) is 34.5 Å². The largest absolute Gasteiger partial charge is 0.493 e. The van der Waals surface area contributed by atoms with Crippen molar-refractivity contribution in [3.05, 3.63) is 35.4 Å². The molecule has 0 spiro atoms. The molecule has 28 heavy (non-hydrogen) atoms. The van der Waals surface area contributed by atoms with E-state index in [2.05, 4.69) is 0 Å². The van der Waals surface area contributed by atoms with E-state index in [0.717, 1.165) is 11.1 Å². The van der Waals surface area contributed by atoms with Crippen molar-refractivity contribution in [2.45, 2.75) is 25.6 Å². The van der Waals surface area contributed by atoms with Crippen LogP contribution < -0.4 is 28.4 Å². The third kappa shape index (κ3) is 2.77. The highest BCUT2D eigenvalue weighted by Crippen LogP contribution is 2.53. The van der Waals surface area contributed by atoms with Crippen LogP contribution in [0.1, 0.15) is 30.9 Å². The van der Waals surface area contributed by atoms with Gasteiger partial charge in [-0.3, -0.25) is 0 Å². The van der Waals surface area contributed by atoms with Gasteiger partial charge in [0.2, 0.25) is 18.3 Å². The van der Waals surface area contributed by atoms with E-state index in [9.17, 15) is 5.11 Å². The van der Waals surface area contributed by atoms with Crippen molar-refractivity contribution in [3.63, 3.8) is 0 Å². The summed E-state index contributed by atoms with van der Waals surface area (Å²) in [6, 6.07) is 7.48. The fraction of sp³-hybridized carbons (Fsp3) is 0.429. The minimum atomic E-state index is -1.37. The maximum atomic E-state index is 10.9. The Kier molecular flexibility index (Phi) is 4.42. The van der Waals surface area contributed by atoms with E-state index in [-0.39, 0.29) is 18.6 Å². The number of ether oxygens (including phenoxy) is 6. The summed E-state index contributed by atoms with van der Waals surface area (Å²) in [6.45, 7) is 3.77. The molecule has 0 fully saturated rings. The molecule has 0 aliphatic carbocycles. The lowest BCUT2D eigenvalue weighted by atomic mass is 9.75. The van der Waals surface area contributed by atoms with Gasteiger partial charge in [0.05, 0.1) is 21.3 Å². The molecular formula is C21H24O7. The van der Waals surface area contributed by atoms with Crippen LogP contribution in [0.3, 0.4) is 0 Å². The standard InChI is InChI=1S/C21H24O7/c1-11-19(12-6-17(23-3)20(25-5)18(7-12)24-4)13-8-15-16(27-10-26-15)9-14(13)28-21(11,2)22/h6-9,11,19,22H,10H2,1-5H3/t11-,19+,21?/m0/s1. The predicted molar refractivity (Wildman–Crippen MR) is 101 cm³/mol. The molecule has 2 aromatic carbocycles. The van der Waals surface area contributed by atoms with Crippen LogP contribution in [-0.2, 0) is 0 Å². The SMILES string of the molecule is COc1cc([C@@H]2c3cc4c(cc3OC(C)(O)[C@H]2C)OCO4)cc(OC)c1OC. The van der Waals surface area contributed by atoms with Crippen LogP contribution in [0.15, 0.2) is 24.3 Å². The van der Waals surface area contributed by atoms with Crippen molar-refractivity contribution in [2.24, 2.45) is 5.92 Å². The zero-order chi connectivity index (χ0) is 20.1. The highest BCUT2D eigenvalue weighted by molar-refractivity contribution is 5.60. The molecule has 0 radical (unpaired) electrons. The molecular weight excluding hydrogens is 364 g/mol. The third-order valence-electron chi connectivity index (χ3n) is 5.55. The van der Waals surface area contributed by atoms with Gasteiger partial charge in [0.1, 0.15) is 5.75 Å². The van der Waals surface area contributed by atoms with Crippen molar-refractivity contribution >= 4 is 0 Å². The van der Waals surface area contributed by atoms with Crippen molar-refractivity contribution in [1.29, 1.82) is 0 Å². The number of fused-ring (bicyclic) bond motifs is 2. The normalized spacial score (nSPS) is 24.9. The second-order valence-corrected chi connectivity index (χ2v) is 7.13. The second-order valence-electron chi connectivity index (χ2n) is 7.13. The van der Waals surface area contributed by atoms with Gasteiger partial charge in [-0.25, -0.2) is 0 Å². The molecule has 2 aromatic rings. The Morgan fingerprint density at radius 3 is 2.11 bits per heavy atom. The molecule has 0 saturated carbocycles. The van der Waals surface area contributed by atoms with Gasteiger partial charge in [0, 0.05) is 30.4 Å². The summed E-state index contributed by atoms with van der Waals surface area (Å²) in [4.78, 5) is 0. The van der Waals surface area contributed by atoms with E-state index in [1.165, 1.54) is 0 Å². The first-order valence-electron chi connectivity index (χ1n) is 9.04. The topological polar surface area (TPSA) is 75.6 Å². The Morgan fingerprint density at radius 2 is 1.54 bits per heavy atom. The molecule has 2 aliphatic heterocycles. The number of methoxy groups -OCH3 is 3. The van der Waals surface area contributed by atoms with E-state index in [4.69, 9.17) is 28.4 Å². The average molecular weight is 388 g/mol. The first kappa shape index (κ1) is 18.6. The Bertz CT molecular complexity index is 881. The molecule has 1 unspecified atom stereocenters. The molecule has 7 heteroatoms. The Labute approximate surface area is 163 Å². The highest BCUT2D eigenvalue weighted by atomic mass is 16.7. The Morgan fingerprint density at radius 1 is 0.929 bits per heavy atom. The monoisotopic (exact) mass is 388 g/mol. The fourth-order valence-corrected chi connectivity index (χ4v) is 3.91. The van der Waals surface area contributed by atoms with Gasteiger partial charge in [-0.1, -0.05) is 6.92 Å². The number of rotatable bonds is 4. The van der Waals surface area contributed by atoms with Crippen molar-refractivity contribution in [2.75, 3.05) is 28.1 Å². The van der Waals surface area contributed by atoms with Gasteiger partial charge in [0.15, 0.2) is 23.0 Å². The van der Waals surface area contributed by atoms with Crippen LogP contribution in [0, 0.1) is 5.92 Å². The average Bonchev–Trinajstić information content (AvgIpc) is 3.13. The maximum absolute atomic E-state index is 10.9. The number of benzene rings is 2. The molecule has 1 N–H and O–H groups in total. The van der Waals surface area contributed by atoms with Crippen LogP contribution in [0.2, 0.25) is 0 Å². The molecule has 2 heterocycles. The smallest absolute Gasteiger partial charge is 0.231 e. The van der Waals surface area contributed by atoms with E-state index in [0.29, 0.717) is 34.5 Å². The van der Waals surface area contributed by atoms with Crippen molar-refractivity contribution in [3.8, 4) is 34.5 Å². The minimum Gasteiger partial charge on any atom is -0.493 e. The quantitative estimate of drug-likeness (QED) is 0.861. The number of hydrogen-bond acceptors (Lipinski definition) is 7. The molecule has 2 aliphatic rings. The summed E-state index contributed by atoms with van der Waals surface area (Å²) in [5.74, 6) is 1.63. The van der Waals surface area contributed by atoms with E-state index in [1.807, 2.05) is 25.1 Å². The number of hydrogen-bond donors (Lipinski definition) is 1. The van der Waals surface area contributed by atoms with E-state index in [1.54, 1.807) is 34.3 Å². The van der Waals surface area contributed by atoms with Gasteiger partial charge in [-0.2, -0.15) is 0 Å². The van der Waals surface area contributed by atoms with Crippen molar-refractivity contribution in [1.82, 2.24) is 0 Å². The van der Waals surface area contributed by atoms with Gasteiger partial charge < -0.3 is 33.5 Å².